The number of nitrogens with one attached hydrogen (secondary N) is 1. The third-order valence-electron chi connectivity index (χ3n) is 23.4. The van der Waals surface area contributed by atoms with E-state index >= 15 is 0 Å². The van der Waals surface area contributed by atoms with Crippen LogP contribution in [0.1, 0.15) is 100 Å². The van der Waals surface area contributed by atoms with Crippen LogP contribution in [-0.4, -0.2) is 172 Å². The molecule has 26 heteroatoms. The lowest BCUT2D eigenvalue weighted by Crippen LogP contribution is -2.50. The molecule has 23 nitrogen and oxygen atoms in total. The van der Waals surface area contributed by atoms with Crippen molar-refractivity contribution in [3.05, 3.63) is 286 Å². The number of ketones is 5. The number of likely N-dealkylation sites (tertiary alicyclic amines) is 4. The molecule has 5 aromatic heterocycles. The van der Waals surface area contributed by atoms with Crippen molar-refractivity contribution in [3.63, 3.8) is 0 Å². The van der Waals surface area contributed by atoms with Gasteiger partial charge in [-0.2, -0.15) is 10.4 Å². The Morgan fingerprint density at radius 2 is 1.02 bits per heavy atom. The molecule has 0 unspecified atom stereocenters. The van der Waals surface area contributed by atoms with Crippen LogP contribution in [0.3, 0.4) is 0 Å². The molecule has 9 heterocycles. The Bertz CT molecular complexity index is 6190. The molecule has 5 amide bonds. The van der Waals surface area contributed by atoms with Crippen LogP contribution in [0.5, 0.6) is 5.75 Å². The number of aromatic nitrogens is 6. The van der Waals surface area contributed by atoms with Gasteiger partial charge in [-0.15, -0.1) is 0 Å². The van der Waals surface area contributed by atoms with Crippen molar-refractivity contribution in [1.29, 1.82) is 5.26 Å². The zero-order valence-electron chi connectivity index (χ0n) is 70.1. The fraction of sp³-hybridized carbons (Fsp3) is 0.293. The highest BCUT2D eigenvalue weighted by molar-refractivity contribution is 9.11. The van der Waals surface area contributed by atoms with Crippen LogP contribution in [0.15, 0.2) is 247 Å². The Balaban J connectivity index is 0.000000146. The molecule has 4 fully saturated rings. The molecular formula is C99H99Br3N12O11. The number of benzene rings is 7. The lowest BCUT2D eigenvalue weighted by Gasteiger charge is -2.39. The Labute approximate surface area is 751 Å². The first kappa shape index (κ1) is 90.3. The number of ether oxygens (including phenoxy) is 1. The molecule has 0 aliphatic carbocycles. The van der Waals surface area contributed by atoms with E-state index < -0.39 is 0 Å². The zero-order chi connectivity index (χ0) is 88.5. The van der Waals surface area contributed by atoms with Gasteiger partial charge in [-0.25, -0.2) is 0 Å². The van der Waals surface area contributed by atoms with E-state index in [1.165, 1.54) is 40.8 Å². The van der Waals surface area contributed by atoms with E-state index in [-0.39, 0.29) is 102 Å². The van der Waals surface area contributed by atoms with E-state index in [0.29, 0.717) is 128 Å². The number of rotatable bonds is 33. The molecule has 4 aliphatic rings. The summed E-state index contributed by atoms with van der Waals surface area (Å²) in [6.07, 6.45) is 19.2. The van der Waals surface area contributed by atoms with Gasteiger partial charge in [0, 0.05) is 203 Å². The first-order valence-electron chi connectivity index (χ1n) is 41.9. The Hall–Kier alpha value is -12.4. The second kappa shape index (κ2) is 41.8. The number of carbonyl (C=O) groups excluding carboxylic acids is 10. The van der Waals surface area contributed by atoms with E-state index in [1.54, 1.807) is 39.1 Å². The van der Waals surface area contributed by atoms with Gasteiger partial charge in [-0.1, -0.05) is 154 Å². The van der Waals surface area contributed by atoms with Crippen LogP contribution in [-0.2, 0) is 90.2 Å². The average molecular weight is 1870 g/mol. The monoisotopic (exact) mass is 1870 g/mol. The molecule has 0 spiro atoms. The molecule has 1 N–H and O–H groups in total. The van der Waals surface area contributed by atoms with Crippen LogP contribution in [0, 0.1) is 29.1 Å². The molecule has 125 heavy (non-hydrogen) atoms. The van der Waals surface area contributed by atoms with Crippen molar-refractivity contribution in [2.75, 3.05) is 66.0 Å². The molecule has 12 aromatic rings. The first-order chi connectivity index (χ1) is 60.4. The smallest absolute Gasteiger partial charge is 0.253 e. The quantitative estimate of drug-likeness (QED) is 0.0296. The van der Waals surface area contributed by atoms with Crippen molar-refractivity contribution in [2.24, 2.45) is 17.8 Å². The van der Waals surface area contributed by atoms with E-state index in [0.717, 1.165) is 98.0 Å². The number of fused-ring (bicyclic) bond motifs is 5. The Kier molecular flexibility index (Phi) is 30.2. The summed E-state index contributed by atoms with van der Waals surface area (Å²) in [5.74, 6) is 1.26. The lowest BCUT2D eigenvalue weighted by atomic mass is 9.94. The van der Waals surface area contributed by atoms with Crippen molar-refractivity contribution in [1.82, 2.24) is 53.0 Å². The maximum atomic E-state index is 13.3. The molecule has 642 valence electrons. The van der Waals surface area contributed by atoms with Gasteiger partial charge in [0.25, 0.3) is 5.91 Å². The summed E-state index contributed by atoms with van der Waals surface area (Å²) in [5, 5.41) is 22.6. The number of amides is 5. The fourth-order valence-corrected chi connectivity index (χ4v) is 18.1. The number of hydrogen-bond acceptors (Lipinski definition) is 13. The minimum Gasteiger partial charge on any atom is -0.496 e. The van der Waals surface area contributed by atoms with Crippen LogP contribution >= 0.6 is 47.8 Å². The van der Waals surface area contributed by atoms with Crippen LogP contribution < -0.4 is 10.1 Å². The molecule has 0 atom stereocenters. The minimum absolute atomic E-state index is 0.0121. The number of para-hydroxylation sites is 1. The summed E-state index contributed by atoms with van der Waals surface area (Å²) in [6.45, 7) is 22.9. The number of nitriles is 1. The largest absolute Gasteiger partial charge is 0.496 e. The molecule has 4 saturated heterocycles. The highest BCUT2D eigenvalue weighted by Gasteiger charge is 2.36. The Morgan fingerprint density at radius 3 is 1.59 bits per heavy atom. The van der Waals surface area contributed by atoms with Gasteiger partial charge in [-0.3, -0.25) is 52.6 Å². The maximum absolute atomic E-state index is 13.3. The van der Waals surface area contributed by atoms with E-state index in [4.69, 9.17) is 10.00 Å². The molecule has 4 aliphatic heterocycles. The number of carbonyl (C=O) groups is 10. The molecule has 0 saturated carbocycles. The highest BCUT2D eigenvalue weighted by atomic mass is 79.9. The standard InChI is InChI=1S/C31H30BrN3O4.C31H33BrN2O4.C19H19N3O2.C18H17BrN4O/c1-3-30(37)35-16-20(17-35)14-23(36)18-34-19-27(26-15-22(32)9-10-28(26)34)31(38)33-13-12-25-24-7-5-4-6-21(24)8-11-29(25)39-2;1-3-22-8-5-6-9-23(22)15-25(35)10-7-11-30(37)28-20-33(29-13-12-24(32)16-27(28)29)19-26(36)14-21-17-34(18-21)31(38)4-2;1-2-18(24)22-11-14(12-22)10-17(23)13-21-9-7-16-5-3-4-15(6-8-20)19(16)21;1-2-18(24)22-11-16(12-22)23-15(5-7-20-23)10-21-8-6-13-9-14(19)3-4-17(13)21/h3-11,15,19-20H,1,12-14,16-18H2,2H3,(H,33,38);4-6,8-9,12-13,16,20-21H,2-3,7,10-11,14-15,17-19H2,1H3;2-5,7,9,14H,1,6,10-13H2;2-9,16H,1,10-12H2. The fourth-order valence-electron chi connectivity index (χ4n) is 17.0. The van der Waals surface area contributed by atoms with Crippen molar-refractivity contribution >= 4 is 161 Å². The summed E-state index contributed by atoms with van der Waals surface area (Å²) < 4.78 is 18.3. The van der Waals surface area contributed by atoms with Gasteiger partial charge in [0.15, 0.2) is 23.1 Å². The number of aryl methyl sites for hydroxylation is 1. The maximum Gasteiger partial charge on any atom is 0.253 e. The zero-order valence-corrected chi connectivity index (χ0v) is 74.8. The van der Waals surface area contributed by atoms with E-state index in [2.05, 4.69) is 151 Å². The van der Waals surface area contributed by atoms with Crippen molar-refractivity contribution in [3.8, 4) is 11.8 Å². The molecule has 0 radical (unpaired) electrons. The first-order valence-corrected chi connectivity index (χ1v) is 44.2. The highest BCUT2D eigenvalue weighted by Crippen LogP contribution is 2.34. The second-order valence-corrected chi connectivity index (χ2v) is 34.8. The third kappa shape index (κ3) is 22.0. The summed E-state index contributed by atoms with van der Waals surface area (Å²) in [7, 11) is 1.65. The third-order valence-corrected chi connectivity index (χ3v) is 24.9. The topological polar surface area (TPSA) is 266 Å². The molecular weight excluding hydrogens is 1770 g/mol. The van der Waals surface area contributed by atoms with E-state index in [9.17, 15) is 47.9 Å². The van der Waals surface area contributed by atoms with Crippen LogP contribution in [0.25, 0.3) is 54.4 Å². The van der Waals surface area contributed by atoms with Gasteiger partial charge in [0.05, 0.1) is 68.6 Å². The SMILES string of the molecule is C=CC(=O)N1CC(CC(=O)Cn2cc(C(=O)CCCC(=O)Cc3ccccc3CC)c3cc(Br)ccc32)C1.C=CC(=O)N1CC(CC(=O)Cn2cc(C(=O)NCCc3c(OC)ccc4ccccc34)c3cc(Br)ccc32)C1.C=CC(=O)N1CC(CC(=O)Cn2ccc3cccc(CC#N)c32)C1.C=CC(=O)N1CC(n2nccc2Cn2ccc3cc(Br)ccc32)C1. The number of hydrogen-bond donors (Lipinski definition) is 1. The Morgan fingerprint density at radius 1 is 0.512 bits per heavy atom. The second-order valence-electron chi connectivity index (χ2n) is 32.1. The van der Waals surface area contributed by atoms with E-state index in [1.807, 2.05) is 140 Å². The summed E-state index contributed by atoms with van der Waals surface area (Å²) in [5.41, 5.74) is 10.3. The molecule has 7 aromatic carbocycles. The van der Waals surface area contributed by atoms with Gasteiger partial charge in [0.2, 0.25) is 23.6 Å². The summed E-state index contributed by atoms with van der Waals surface area (Å²) in [4.78, 5) is 130. The predicted molar refractivity (Wildman–Crippen MR) is 496 cm³/mol. The van der Waals surface area contributed by atoms with Crippen LogP contribution in [0.2, 0.25) is 0 Å². The number of nitrogens with zero attached hydrogens (tertiary/aromatic N) is 11. The van der Waals surface area contributed by atoms with Gasteiger partial charge < -0.3 is 47.9 Å². The number of Topliss-reactive ketones (excluding diaryl/α,β-unsaturated/α-hetero) is 5. The minimum atomic E-state index is -0.193. The van der Waals surface area contributed by atoms with Gasteiger partial charge in [-0.05, 0) is 155 Å². The lowest BCUT2D eigenvalue weighted by molar-refractivity contribution is -0.134. The summed E-state index contributed by atoms with van der Waals surface area (Å²) >= 11 is 10.5. The average Bonchev–Trinajstić information content (AvgIpc) is 1.66. The van der Waals surface area contributed by atoms with Gasteiger partial charge >= 0.3 is 0 Å². The van der Waals surface area contributed by atoms with Crippen molar-refractivity contribution < 1.29 is 52.7 Å². The molecule has 16 rings (SSSR count). The molecule has 0 bridgehead atoms. The number of methoxy groups -OCH3 is 1. The van der Waals surface area contributed by atoms with Gasteiger partial charge in [0.1, 0.15) is 11.5 Å². The predicted octanol–water partition coefficient (Wildman–Crippen LogP) is 16.4. The normalized spacial score (nSPS) is 13.8. The van der Waals surface area contributed by atoms with Crippen LogP contribution in [0.4, 0.5) is 0 Å². The van der Waals surface area contributed by atoms with Crippen molar-refractivity contribution in [2.45, 2.75) is 103 Å². The number of halogens is 3. The summed E-state index contributed by atoms with van der Waals surface area (Å²) in [6, 6.07) is 52.2.